The van der Waals surface area contributed by atoms with Crippen LogP contribution in [0.3, 0.4) is 0 Å². The molecule has 1 saturated carbocycles. The van der Waals surface area contributed by atoms with Crippen LogP contribution in [0.1, 0.15) is 30.0 Å². The van der Waals surface area contributed by atoms with Gasteiger partial charge in [-0.3, -0.25) is 4.68 Å². The van der Waals surface area contributed by atoms with E-state index in [-0.39, 0.29) is 0 Å². The fraction of sp³-hybridized carbons (Fsp3) is 0.400. The molecule has 0 amide bonds. The number of aromatic nitrogens is 2. The topological polar surface area (TPSA) is 39.1 Å². The van der Waals surface area contributed by atoms with Gasteiger partial charge in [-0.05, 0) is 30.5 Å². The van der Waals surface area contributed by atoms with E-state index < -0.39 is 0 Å². The standard InChI is InChI=1S/C15H19N3O/c1-18-15(9-14(17-18)12-6-7-12)16-10-11-4-3-5-13(8-11)19-2/h3-5,8-9,12,16H,6-7,10H2,1-2H3. The number of nitrogens with zero attached hydrogens (tertiary/aromatic N) is 2. The number of methoxy groups -OCH3 is 1. The minimum atomic E-state index is 0.693. The highest BCUT2D eigenvalue weighted by atomic mass is 16.5. The van der Waals surface area contributed by atoms with E-state index in [0.717, 1.165) is 18.1 Å². The van der Waals surface area contributed by atoms with Crippen molar-refractivity contribution >= 4 is 5.82 Å². The van der Waals surface area contributed by atoms with Gasteiger partial charge in [0.15, 0.2) is 0 Å². The molecule has 0 atom stereocenters. The molecule has 1 aromatic carbocycles. The van der Waals surface area contributed by atoms with Gasteiger partial charge in [0.2, 0.25) is 0 Å². The molecule has 1 aliphatic rings. The number of benzene rings is 1. The summed E-state index contributed by atoms with van der Waals surface area (Å²) in [6.07, 6.45) is 2.57. The van der Waals surface area contributed by atoms with Crippen molar-refractivity contribution in [1.82, 2.24) is 9.78 Å². The molecular formula is C15H19N3O. The van der Waals surface area contributed by atoms with Crippen molar-refractivity contribution in [3.05, 3.63) is 41.6 Å². The van der Waals surface area contributed by atoms with Gasteiger partial charge in [0.25, 0.3) is 0 Å². The molecule has 0 saturated heterocycles. The van der Waals surface area contributed by atoms with Gasteiger partial charge in [-0.1, -0.05) is 12.1 Å². The van der Waals surface area contributed by atoms with Crippen LogP contribution in [-0.2, 0) is 13.6 Å². The molecule has 0 spiro atoms. The lowest BCUT2D eigenvalue weighted by Crippen LogP contribution is -2.04. The van der Waals surface area contributed by atoms with Crippen molar-refractivity contribution in [1.29, 1.82) is 0 Å². The van der Waals surface area contributed by atoms with Crippen molar-refractivity contribution in [2.24, 2.45) is 7.05 Å². The first-order valence-electron chi connectivity index (χ1n) is 6.67. The summed E-state index contributed by atoms with van der Waals surface area (Å²) >= 11 is 0. The van der Waals surface area contributed by atoms with Crippen LogP contribution in [-0.4, -0.2) is 16.9 Å². The molecular weight excluding hydrogens is 238 g/mol. The Bertz CT molecular complexity index is 573. The van der Waals surface area contributed by atoms with E-state index in [4.69, 9.17) is 4.74 Å². The quantitative estimate of drug-likeness (QED) is 0.895. The van der Waals surface area contributed by atoms with Gasteiger partial charge in [0.05, 0.1) is 12.8 Å². The van der Waals surface area contributed by atoms with E-state index in [1.165, 1.54) is 24.1 Å². The van der Waals surface area contributed by atoms with Crippen LogP contribution in [0.25, 0.3) is 0 Å². The summed E-state index contributed by atoms with van der Waals surface area (Å²) < 4.78 is 7.15. The lowest BCUT2D eigenvalue weighted by Gasteiger charge is -2.07. The molecule has 1 fully saturated rings. The van der Waals surface area contributed by atoms with E-state index in [2.05, 4.69) is 22.5 Å². The molecule has 19 heavy (non-hydrogen) atoms. The maximum absolute atomic E-state index is 5.23. The lowest BCUT2D eigenvalue weighted by molar-refractivity contribution is 0.414. The Morgan fingerprint density at radius 3 is 2.95 bits per heavy atom. The summed E-state index contributed by atoms with van der Waals surface area (Å²) in [5, 5.41) is 7.98. The number of rotatable bonds is 5. The summed E-state index contributed by atoms with van der Waals surface area (Å²) in [5.74, 6) is 2.66. The molecule has 0 radical (unpaired) electrons. The van der Waals surface area contributed by atoms with Crippen LogP contribution in [0.15, 0.2) is 30.3 Å². The molecule has 0 unspecified atom stereocenters. The number of aryl methyl sites for hydroxylation is 1. The van der Waals surface area contributed by atoms with Gasteiger partial charge in [0.1, 0.15) is 11.6 Å². The average molecular weight is 257 g/mol. The van der Waals surface area contributed by atoms with Crippen molar-refractivity contribution in [2.45, 2.75) is 25.3 Å². The molecule has 4 nitrogen and oxygen atoms in total. The molecule has 100 valence electrons. The highest BCUT2D eigenvalue weighted by molar-refractivity contribution is 5.40. The zero-order valence-corrected chi connectivity index (χ0v) is 11.4. The molecule has 1 heterocycles. The number of anilines is 1. The van der Waals surface area contributed by atoms with Gasteiger partial charge in [-0.25, -0.2) is 0 Å². The smallest absolute Gasteiger partial charge is 0.124 e. The number of hydrogen-bond donors (Lipinski definition) is 1. The van der Waals surface area contributed by atoms with E-state index in [9.17, 15) is 0 Å². The Balaban J connectivity index is 1.67. The zero-order valence-electron chi connectivity index (χ0n) is 11.4. The third kappa shape index (κ3) is 2.72. The first-order chi connectivity index (χ1) is 9.26. The van der Waals surface area contributed by atoms with Gasteiger partial charge in [-0.2, -0.15) is 5.10 Å². The largest absolute Gasteiger partial charge is 0.497 e. The maximum Gasteiger partial charge on any atom is 0.124 e. The fourth-order valence-corrected chi connectivity index (χ4v) is 2.21. The Labute approximate surface area is 113 Å². The van der Waals surface area contributed by atoms with E-state index >= 15 is 0 Å². The second kappa shape index (κ2) is 4.96. The number of ether oxygens (including phenoxy) is 1. The molecule has 2 aromatic rings. The van der Waals surface area contributed by atoms with Gasteiger partial charge >= 0.3 is 0 Å². The summed E-state index contributed by atoms with van der Waals surface area (Å²) in [6, 6.07) is 10.3. The minimum Gasteiger partial charge on any atom is -0.497 e. The molecule has 0 bridgehead atoms. The minimum absolute atomic E-state index is 0.693. The summed E-state index contributed by atoms with van der Waals surface area (Å²) in [5.41, 5.74) is 2.42. The normalized spacial score (nSPS) is 14.4. The van der Waals surface area contributed by atoms with Crippen molar-refractivity contribution < 1.29 is 4.74 Å². The number of nitrogens with one attached hydrogen (secondary N) is 1. The van der Waals surface area contributed by atoms with Crippen LogP contribution in [0.5, 0.6) is 5.75 Å². The van der Waals surface area contributed by atoms with Crippen molar-refractivity contribution in [2.75, 3.05) is 12.4 Å². The third-order valence-corrected chi connectivity index (χ3v) is 3.50. The average Bonchev–Trinajstić information content (AvgIpc) is 3.21. The number of hydrogen-bond acceptors (Lipinski definition) is 3. The first kappa shape index (κ1) is 12.1. The first-order valence-corrected chi connectivity index (χ1v) is 6.67. The van der Waals surface area contributed by atoms with Crippen LogP contribution < -0.4 is 10.1 Å². The Morgan fingerprint density at radius 1 is 1.37 bits per heavy atom. The zero-order chi connectivity index (χ0) is 13.2. The van der Waals surface area contributed by atoms with E-state index in [0.29, 0.717) is 5.92 Å². The summed E-state index contributed by atoms with van der Waals surface area (Å²) in [7, 11) is 3.68. The van der Waals surface area contributed by atoms with Crippen LogP contribution >= 0.6 is 0 Å². The van der Waals surface area contributed by atoms with Gasteiger partial charge < -0.3 is 10.1 Å². The van der Waals surface area contributed by atoms with E-state index in [1.54, 1.807) is 7.11 Å². The predicted octanol–water partition coefficient (Wildman–Crippen LogP) is 2.92. The molecule has 0 aliphatic heterocycles. The molecule has 3 rings (SSSR count). The van der Waals surface area contributed by atoms with Crippen LogP contribution in [0.4, 0.5) is 5.82 Å². The fourth-order valence-electron chi connectivity index (χ4n) is 2.21. The Morgan fingerprint density at radius 2 is 2.21 bits per heavy atom. The second-order valence-corrected chi connectivity index (χ2v) is 5.06. The predicted molar refractivity (Wildman–Crippen MR) is 75.5 cm³/mol. The Hall–Kier alpha value is -1.97. The lowest BCUT2D eigenvalue weighted by atomic mass is 10.2. The maximum atomic E-state index is 5.23. The highest BCUT2D eigenvalue weighted by Gasteiger charge is 2.26. The molecule has 1 aliphatic carbocycles. The van der Waals surface area contributed by atoms with Crippen LogP contribution in [0.2, 0.25) is 0 Å². The van der Waals surface area contributed by atoms with Gasteiger partial charge in [-0.15, -0.1) is 0 Å². The summed E-state index contributed by atoms with van der Waals surface area (Å²) in [6.45, 7) is 0.779. The molecule has 1 N–H and O–H groups in total. The van der Waals surface area contributed by atoms with Crippen molar-refractivity contribution in [3.63, 3.8) is 0 Å². The second-order valence-electron chi connectivity index (χ2n) is 5.06. The highest BCUT2D eigenvalue weighted by Crippen LogP contribution is 2.39. The van der Waals surface area contributed by atoms with Crippen LogP contribution in [0, 0.1) is 0 Å². The molecule has 1 aromatic heterocycles. The Kier molecular flexibility index (Phi) is 3.15. The van der Waals surface area contributed by atoms with Gasteiger partial charge in [0, 0.05) is 25.6 Å². The SMILES string of the molecule is COc1cccc(CNc2cc(C3CC3)nn2C)c1. The molecule has 4 heteroatoms. The third-order valence-electron chi connectivity index (χ3n) is 3.50. The summed E-state index contributed by atoms with van der Waals surface area (Å²) in [4.78, 5) is 0. The van der Waals surface area contributed by atoms with Crippen molar-refractivity contribution in [3.8, 4) is 5.75 Å². The van der Waals surface area contributed by atoms with E-state index in [1.807, 2.05) is 29.9 Å². The monoisotopic (exact) mass is 257 g/mol.